The Morgan fingerprint density at radius 3 is 2.87 bits per heavy atom. The highest BCUT2D eigenvalue weighted by atomic mass is 16.2. The third kappa shape index (κ3) is 4.62. The topological polar surface area (TPSA) is 107 Å². The molecule has 2 rings (SSSR count). The average Bonchev–Trinajstić information content (AvgIpc) is 2.46. The van der Waals surface area contributed by atoms with Crippen molar-refractivity contribution in [1.82, 2.24) is 25.5 Å². The number of nitrogens with zero attached hydrogens (tertiary/aromatic N) is 2. The van der Waals surface area contributed by atoms with E-state index in [2.05, 4.69) is 20.6 Å². The second-order valence-corrected chi connectivity index (χ2v) is 5.95. The normalized spacial score (nSPS) is 18.8. The summed E-state index contributed by atoms with van der Waals surface area (Å²) in [6.07, 6.45) is 0.0834. The van der Waals surface area contributed by atoms with Crippen LogP contribution in [0.15, 0.2) is 10.9 Å². The van der Waals surface area contributed by atoms with Crippen LogP contribution in [0.4, 0.5) is 0 Å². The van der Waals surface area contributed by atoms with E-state index in [1.54, 1.807) is 6.92 Å². The molecule has 2 heterocycles. The fraction of sp³-hybridized carbons (Fsp3) is 0.600. The Kier molecular flexibility index (Phi) is 5.49. The van der Waals surface area contributed by atoms with Gasteiger partial charge in [0.1, 0.15) is 5.82 Å². The standard InChI is InChI=1S/C15H23N5O3/c1-9(2)20-5-4-16-15(23)11(20)7-13(21)17-8-12-18-10(3)6-14(22)19-12/h6,9,11H,4-5,7-8H2,1-3H3,(H,16,23)(H,17,21)(H,18,19,22)/t11-/m1/s1. The van der Waals surface area contributed by atoms with Gasteiger partial charge in [0.15, 0.2) is 0 Å². The number of aromatic nitrogens is 2. The van der Waals surface area contributed by atoms with Crippen molar-refractivity contribution in [3.63, 3.8) is 0 Å². The van der Waals surface area contributed by atoms with E-state index < -0.39 is 6.04 Å². The van der Waals surface area contributed by atoms with E-state index in [0.717, 1.165) is 6.54 Å². The van der Waals surface area contributed by atoms with Crippen molar-refractivity contribution in [2.75, 3.05) is 13.1 Å². The molecule has 23 heavy (non-hydrogen) atoms. The minimum Gasteiger partial charge on any atom is -0.353 e. The van der Waals surface area contributed by atoms with Gasteiger partial charge in [-0.3, -0.25) is 19.3 Å². The van der Waals surface area contributed by atoms with Crippen LogP contribution in [0.25, 0.3) is 0 Å². The summed E-state index contributed by atoms with van der Waals surface area (Å²) in [5, 5.41) is 5.49. The van der Waals surface area contributed by atoms with Crippen LogP contribution in [-0.2, 0) is 16.1 Å². The van der Waals surface area contributed by atoms with Gasteiger partial charge in [0.2, 0.25) is 11.8 Å². The zero-order chi connectivity index (χ0) is 17.0. The average molecular weight is 321 g/mol. The van der Waals surface area contributed by atoms with Gasteiger partial charge in [-0.05, 0) is 20.8 Å². The molecule has 0 aliphatic carbocycles. The van der Waals surface area contributed by atoms with E-state index in [1.165, 1.54) is 6.07 Å². The highest BCUT2D eigenvalue weighted by Crippen LogP contribution is 2.12. The molecule has 1 aliphatic rings. The molecular formula is C15H23N5O3. The zero-order valence-corrected chi connectivity index (χ0v) is 13.7. The predicted molar refractivity (Wildman–Crippen MR) is 84.7 cm³/mol. The number of nitrogens with one attached hydrogen (secondary N) is 3. The lowest BCUT2D eigenvalue weighted by molar-refractivity contribution is -0.134. The summed E-state index contributed by atoms with van der Waals surface area (Å²) in [5.74, 6) is 0.0289. The van der Waals surface area contributed by atoms with Gasteiger partial charge in [-0.15, -0.1) is 0 Å². The number of amides is 2. The van der Waals surface area contributed by atoms with Crippen molar-refractivity contribution >= 4 is 11.8 Å². The van der Waals surface area contributed by atoms with Crippen molar-refractivity contribution in [3.8, 4) is 0 Å². The lowest BCUT2D eigenvalue weighted by atomic mass is 10.1. The maximum atomic E-state index is 12.1. The molecule has 1 aliphatic heterocycles. The number of piperazine rings is 1. The first-order valence-electron chi connectivity index (χ1n) is 7.74. The van der Waals surface area contributed by atoms with Crippen molar-refractivity contribution < 1.29 is 9.59 Å². The molecule has 8 heteroatoms. The quantitative estimate of drug-likeness (QED) is 0.664. The molecule has 0 spiro atoms. The summed E-state index contributed by atoms with van der Waals surface area (Å²) in [6, 6.07) is 1.11. The van der Waals surface area contributed by atoms with E-state index in [-0.39, 0.29) is 36.4 Å². The Bertz CT molecular complexity index is 640. The third-order valence-corrected chi connectivity index (χ3v) is 3.79. The second-order valence-electron chi connectivity index (χ2n) is 5.95. The Morgan fingerprint density at radius 2 is 2.22 bits per heavy atom. The Labute approximate surface area is 134 Å². The first-order valence-corrected chi connectivity index (χ1v) is 7.74. The Balaban J connectivity index is 1.95. The second kappa shape index (κ2) is 7.36. The number of aromatic amines is 1. The molecular weight excluding hydrogens is 298 g/mol. The number of aryl methyl sites for hydroxylation is 1. The molecule has 0 bridgehead atoms. The molecule has 0 aromatic carbocycles. The molecule has 2 amide bonds. The van der Waals surface area contributed by atoms with Crippen LogP contribution >= 0.6 is 0 Å². The summed E-state index contributed by atoms with van der Waals surface area (Å²) in [4.78, 5) is 44.3. The minimum atomic E-state index is -0.465. The maximum absolute atomic E-state index is 12.1. The first kappa shape index (κ1) is 17.1. The van der Waals surface area contributed by atoms with Gasteiger partial charge in [0.05, 0.1) is 19.0 Å². The highest BCUT2D eigenvalue weighted by molar-refractivity contribution is 5.88. The van der Waals surface area contributed by atoms with Crippen LogP contribution < -0.4 is 16.2 Å². The monoisotopic (exact) mass is 321 g/mol. The van der Waals surface area contributed by atoms with Gasteiger partial charge in [-0.2, -0.15) is 0 Å². The first-order chi connectivity index (χ1) is 10.9. The molecule has 1 aromatic heterocycles. The number of hydrogen-bond donors (Lipinski definition) is 3. The van der Waals surface area contributed by atoms with Crippen LogP contribution in [0.3, 0.4) is 0 Å². The number of H-pyrrole nitrogens is 1. The Morgan fingerprint density at radius 1 is 1.48 bits per heavy atom. The molecule has 1 atom stereocenters. The molecule has 1 saturated heterocycles. The highest BCUT2D eigenvalue weighted by Gasteiger charge is 2.32. The van der Waals surface area contributed by atoms with Gasteiger partial charge in [-0.1, -0.05) is 0 Å². The van der Waals surface area contributed by atoms with Crippen LogP contribution in [0, 0.1) is 6.92 Å². The summed E-state index contributed by atoms with van der Waals surface area (Å²) in [6.45, 7) is 7.19. The number of hydrogen-bond acceptors (Lipinski definition) is 5. The summed E-state index contributed by atoms with van der Waals surface area (Å²) < 4.78 is 0. The molecule has 0 radical (unpaired) electrons. The smallest absolute Gasteiger partial charge is 0.251 e. The van der Waals surface area contributed by atoms with Crippen molar-refractivity contribution in [1.29, 1.82) is 0 Å². The fourth-order valence-electron chi connectivity index (χ4n) is 2.72. The predicted octanol–water partition coefficient (Wildman–Crippen LogP) is -0.707. The van der Waals surface area contributed by atoms with Crippen molar-refractivity contribution in [2.24, 2.45) is 0 Å². The fourth-order valence-corrected chi connectivity index (χ4v) is 2.72. The third-order valence-electron chi connectivity index (χ3n) is 3.79. The van der Waals surface area contributed by atoms with Gasteiger partial charge in [0.25, 0.3) is 5.56 Å². The summed E-state index contributed by atoms with van der Waals surface area (Å²) in [7, 11) is 0. The van der Waals surface area contributed by atoms with Crippen LogP contribution in [0.5, 0.6) is 0 Å². The van der Waals surface area contributed by atoms with Gasteiger partial charge in [-0.25, -0.2) is 4.98 Å². The molecule has 8 nitrogen and oxygen atoms in total. The van der Waals surface area contributed by atoms with Gasteiger partial charge < -0.3 is 15.6 Å². The van der Waals surface area contributed by atoms with E-state index in [4.69, 9.17) is 0 Å². The number of carbonyl (C=O) groups is 2. The number of rotatable bonds is 5. The van der Waals surface area contributed by atoms with E-state index in [0.29, 0.717) is 18.1 Å². The largest absolute Gasteiger partial charge is 0.353 e. The maximum Gasteiger partial charge on any atom is 0.251 e. The molecule has 3 N–H and O–H groups in total. The Hall–Kier alpha value is -2.22. The van der Waals surface area contributed by atoms with E-state index in [1.807, 2.05) is 18.7 Å². The number of carbonyl (C=O) groups excluding carboxylic acids is 2. The van der Waals surface area contributed by atoms with E-state index >= 15 is 0 Å². The lowest BCUT2D eigenvalue weighted by Gasteiger charge is -2.37. The lowest BCUT2D eigenvalue weighted by Crippen LogP contribution is -2.58. The van der Waals surface area contributed by atoms with Crippen LogP contribution in [-0.4, -0.2) is 51.9 Å². The molecule has 0 unspecified atom stereocenters. The SMILES string of the molecule is Cc1cc(=O)[nH]c(CNC(=O)C[C@@H]2C(=O)NCCN2C(C)C)n1. The van der Waals surface area contributed by atoms with Crippen LogP contribution in [0.1, 0.15) is 31.8 Å². The minimum absolute atomic E-state index is 0.0834. The van der Waals surface area contributed by atoms with Crippen molar-refractivity contribution in [2.45, 2.75) is 45.8 Å². The van der Waals surface area contributed by atoms with Gasteiger partial charge >= 0.3 is 0 Å². The molecule has 0 saturated carbocycles. The molecule has 1 fully saturated rings. The van der Waals surface area contributed by atoms with E-state index in [9.17, 15) is 14.4 Å². The van der Waals surface area contributed by atoms with Crippen LogP contribution in [0.2, 0.25) is 0 Å². The summed E-state index contributed by atoms with van der Waals surface area (Å²) in [5.41, 5.74) is 0.343. The molecule has 1 aromatic rings. The van der Waals surface area contributed by atoms with Gasteiger partial charge in [0, 0.05) is 30.9 Å². The molecule has 126 valence electrons. The zero-order valence-electron chi connectivity index (χ0n) is 13.7. The summed E-state index contributed by atoms with van der Waals surface area (Å²) >= 11 is 0. The van der Waals surface area contributed by atoms with Crippen molar-refractivity contribution in [3.05, 3.63) is 27.9 Å².